The Bertz CT molecular complexity index is 641. The van der Waals surface area contributed by atoms with Crippen LogP contribution in [0.5, 0.6) is 0 Å². The summed E-state index contributed by atoms with van der Waals surface area (Å²) in [7, 11) is 0. The van der Waals surface area contributed by atoms with E-state index in [2.05, 4.69) is 21.2 Å². The maximum Gasteiger partial charge on any atom is 0.250 e. The summed E-state index contributed by atoms with van der Waals surface area (Å²) in [6.45, 7) is 1.97. The van der Waals surface area contributed by atoms with E-state index in [9.17, 15) is 4.79 Å². The van der Waals surface area contributed by atoms with Crippen molar-refractivity contribution < 1.29 is 4.79 Å². The molecule has 0 aliphatic carbocycles. The molecule has 0 bridgehead atoms. The number of halogens is 1. The van der Waals surface area contributed by atoms with E-state index in [1.807, 2.05) is 25.1 Å². The highest BCUT2D eigenvalue weighted by Gasteiger charge is 2.12. The molecule has 0 aliphatic rings. The molecule has 4 nitrogen and oxygen atoms in total. The van der Waals surface area contributed by atoms with Crippen LogP contribution >= 0.6 is 15.9 Å². The van der Waals surface area contributed by atoms with Gasteiger partial charge in [-0.3, -0.25) is 4.79 Å². The first-order valence-corrected chi connectivity index (χ1v) is 6.50. The van der Waals surface area contributed by atoms with Gasteiger partial charge in [-0.2, -0.15) is 0 Å². The topological polar surface area (TPSA) is 81.1 Å². The summed E-state index contributed by atoms with van der Waals surface area (Å²) < 4.78 is 0.992. The molecule has 1 amide bonds. The quantitative estimate of drug-likeness (QED) is 0.760. The van der Waals surface area contributed by atoms with E-state index in [1.54, 1.807) is 18.2 Å². The highest BCUT2D eigenvalue weighted by atomic mass is 79.9. The summed E-state index contributed by atoms with van der Waals surface area (Å²) in [6.07, 6.45) is 0. The molecule has 0 aliphatic heterocycles. The van der Waals surface area contributed by atoms with Crippen molar-refractivity contribution in [3.63, 3.8) is 0 Å². The lowest BCUT2D eigenvalue weighted by Gasteiger charge is -2.14. The molecule has 0 aromatic heterocycles. The average molecular weight is 320 g/mol. The molecule has 2 aromatic carbocycles. The molecule has 2 aromatic rings. The molecule has 19 heavy (non-hydrogen) atoms. The van der Waals surface area contributed by atoms with Crippen LogP contribution in [0.3, 0.4) is 0 Å². The van der Waals surface area contributed by atoms with Crippen molar-refractivity contribution in [1.82, 2.24) is 0 Å². The lowest BCUT2D eigenvalue weighted by Crippen LogP contribution is -2.14. The van der Waals surface area contributed by atoms with Gasteiger partial charge in [0.1, 0.15) is 0 Å². The van der Waals surface area contributed by atoms with Gasteiger partial charge in [0.15, 0.2) is 0 Å². The van der Waals surface area contributed by atoms with Crippen LogP contribution in [-0.2, 0) is 0 Å². The number of aryl methyl sites for hydroxylation is 1. The lowest BCUT2D eigenvalue weighted by atomic mass is 10.1. The van der Waals surface area contributed by atoms with Crippen molar-refractivity contribution in [3.05, 3.63) is 52.0 Å². The Kier molecular flexibility index (Phi) is 3.76. The molecule has 0 unspecified atom stereocenters. The molecule has 0 radical (unpaired) electrons. The number of carbonyl (C=O) groups is 1. The molecule has 0 heterocycles. The fourth-order valence-electron chi connectivity index (χ4n) is 1.82. The molecule has 0 fully saturated rings. The second-order valence-corrected chi connectivity index (χ2v) is 5.13. The van der Waals surface area contributed by atoms with Gasteiger partial charge in [-0.05, 0) is 42.8 Å². The zero-order valence-electron chi connectivity index (χ0n) is 10.4. The number of nitrogens with two attached hydrogens (primary N) is 2. The maximum atomic E-state index is 11.4. The number of nitrogen functional groups attached to an aromatic ring is 1. The minimum Gasteiger partial charge on any atom is -0.397 e. The molecule has 0 atom stereocenters. The van der Waals surface area contributed by atoms with Gasteiger partial charge in [0.05, 0.1) is 16.9 Å². The number of carbonyl (C=O) groups excluding carboxylic acids is 1. The number of nitrogens with one attached hydrogen (secondary N) is 1. The first-order valence-electron chi connectivity index (χ1n) is 5.70. The first-order chi connectivity index (χ1) is 8.99. The second-order valence-electron chi connectivity index (χ2n) is 4.22. The monoisotopic (exact) mass is 319 g/mol. The summed E-state index contributed by atoms with van der Waals surface area (Å²) >= 11 is 3.41. The third kappa shape index (κ3) is 2.88. The molecular formula is C14H14BrN3O. The number of benzene rings is 2. The van der Waals surface area contributed by atoms with Crippen LogP contribution < -0.4 is 16.8 Å². The van der Waals surface area contributed by atoms with Gasteiger partial charge in [0, 0.05) is 10.2 Å². The second kappa shape index (κ2) is 5.32. The number of hydrogen-bond donors (Lipinski definition) is 3. The fraction of sp³-hybridized carbons (Fsp3) is 0.0714. The molecule has 5 N–H and O–H groups in total. The summed E-state index contributed by atoms with van der Waals surface area (Å²) in [4.78, 5) is 11.4. The van der Waals surface area contributed by atoms with Gasteiger partial charge >= 0.3 is 0 Å². The Hall–Kier alpha value is -2.01. The van der Waals surface area contributed by atoms with Crippen LogP contribution in [0.25, 0.3) is 0 Å². The summed E-state index contributed by atoms with van der Waals surface area (Å²) in [5, 5.41) is 3.17. The maximum absolute atomic E-state index is 11.4. The van der Waals surface area contributed by atoms with E-state index in [0.29, 0.717) is 16.9 Å². The van der Waals surface area contributed by atoms with Gasteiger partial charge in [-0.25, -0.2) is 0 Å². The van der Waals surface area contributed by atoms with E-state index in [-0.39, 0.29) is 0 Å². The minimum absolute atomic E-state index is 0.377. The SMILES string of the molecule is Cc1cc(Br)ccc1Nc1c(N)cccc1C(N)=O. The number of para-hydroxylation sites is 1. The molecule has 5 heteroatoms. The van der Waals surface area contributed by atoms with E-state index in [1.165, 1.54) is 0 Å². The third-order valence-electron chi connectivity index (χ3n) is 2.81. The zero-order valence-corrected chi connectivity index (χ0v) is 12.0. The van der Waals surface area contributed by atoms with E-state index in [4.69, 9.17) is 11.5 Å². The minimum atomic E-state index is -0.510. The third-order valence-corrected chi connectivity index (χ3v) is 3.30. The Labute approximate surface area is 119 Å². The van der Waals surface area contributed by atoms with Gasteiger partial charge < -0.3 is 16.8 Å². The Balaban J connectivity index is 2.46. The standard InChI is InChI=1S/C14H14BrN3O/c1-8-7-9(15)5-6-12(8)18-13-10(14(17)19)3-2-4-11(13)16/h2-7,18H,16H2,1H3,(H2,17,19). The highest BCUT2D eigenvalue weighted by Crippen LogP contribution is 2.29. The normalized spacial score (nSPS) is 10.2. The molecule has 0 saturated carbocycles. The van der Waals surface area contributed by atoms with Crippen LogP contribution in [0.15, 0.2) is 40.9 Å². The van der Waals surface area contributed by atoms with E-state index >= 15 is 0 Å². The van der Waals surface area contributed by atoms with Crippen molar-refractivity contribution >= 4 is 38.9 Å². The lowest BCUT2D eigenvalue weighted by molar-refractivity contribution is 0.100. The molecule has 0 spiro atoms. The van der Waals surface area contributed by atoms with Gasteiger partial charge in [-0.1, -0.05) is 22.0 Å². The molecule has 0 saturated heterocycles. The van der Waals surface area contributed by atoms with Gasteiger partial charge in [0.2, 0.25) is 0 Å². The highest BCUT2D eigenvalue weighted by molar-refractivity contribution is 9.10. The Morgan fingerprint density at radius 2 is 2.00 bits per heavy atom. The van der Waals surface area contributed by atoms with Crippen molar-refractivity contribution in [2.45, 2.75) is 6.92 Å². The summed E-state index contributed by atoms with van der Waals surface area (Å²) in [5.74, 6) is -0.510. The van der Waals surface area contributed by atoms with Crippen LogP contribution in [0.2, 0.25) is 0 Å². The number of amides is 1. The van der Waals surface area contributed by atoms with Crippen LogP contribution in [0, 0.1) is 6.92 Å². The molecule has 98 valence electrons. The predicted octanol–water partition coefficient (Wildman–Crippen LogP) is 3.18. The Morgan fingerprint density at radius 1 is 1.26 bits per heavy atom. The van der Waals surface area contributed by atoms with Gasteiger partial charge in [0.25, 0.3) is 5.91 Å². The molecule has 2 rings (SSSR count). The van der Waals surface area contributed by atoms with Crippen LogP contribution in [0.1, 0.15) is 15.9 Å². The van der Waals surface area contributed by atoms with E-state index < -0.39 is 5.91 Å². The first kappa shape index (κ1) is 13.4. The number of anilines is 3. The average Bonchev–Trinajstić information content (AvgIpc) is 2.34. The van der Waals surface area contributed by atoms with Crippen molar-refractivity contribution in [1.29, 1.82) is 0 Å². The summed E-state index contributed by atoms with van der Waals surface area (Å²) in [5.41, 5.74) is 14.6. The van der Waals surface area contributed by atoms with E-state index in [0.717, 1.165) is 15.7 Å². The predicted molar refractivity (Wildman–Crippen MR) is 81.5 cm³/mol. The van der Waals surface area contributed by atoms with Gasteiger partial charge in [-0.15, -0.1) is 0 Å². The Morgan fingerprint density at radius 3 is 2.63 bits per heavy atom. The molecular weight excluding hydrogens is 306 g/mol. The summed E-state index contributed by atoms with van der Waals surface area (Å²) in [6, 6.07) is 10.9. The van der Waals surface area contributed by atoms with Crippen LogP contribution in [0.4, 0.5) is 17.1 Å². The number of primary amides is 1. The number of hydrogen-bond acceptors (Lipinski definition) is 3. The largest absolute Gasteiger partial charge is 0.397 e. The van der Waals surface area contributed by atoms with Crippen molar-refractivity contribution in [3.8, 4) is 0 Å². The zero-order chi connectivity index (χ0) is 14.0. The fourth-order valence-corrected chi connectivity index (χ4v) is 2.29. The van der Waals surface area contributed by atoms with Crippen LogP contribution in [-0.4, -0.2) is 5.91 Å². The smallest absolute Gasteiger partial charge is 0.250 e. The number of rotatable bonds is 3. The van der Waals surface area contributed by atoms with Crippen molar-refractivity contribution in [2.75, 3.05) is 11.1 Å². The van der Waals surface area contributed by atoms with Crippen molar-refractivity contribution in [2.24, 2.45) is 5.73 Å².